The van der Waals surface area contributed by atoms with Gasteiger partial charge >= 0.3 is 6.09 Å². The molecule has 180 valence electrons. The molecule has 7 heteroatoms. The van der Waals surface area contributed by atoms with E-state index in [1.165, 1.54) is 0 Å². The van der Waals surface area contributed by atoms with E-state index in [-0.39, 0.29) is 23.8 Å². The quantitative estimate of drug-likeness (QED) is 0.569. The number of hydrogen-bond acceptors (Lipinski definition) is 5. The molecule has 1 saturated heterocycles. The molecule has 1 fully saturated rings. The molecular weight excluding hydrogens is 406 g/mol. The first-order valence-corrected chi connectivity index (χ1v) is 11.8. The summed E-state index contributed by atoms with van der Waals surface area (Å²) in [6, 6.07) is 9.70. The van der Waals surface area contributed by atoms with Gasteiger partial charge in [0.15, 0.2) is 0 Å². The minimum Gasteiger partial charge on any atom is -0.444 e. The van der Waals surface area contributed by atoms with E-state index in [0.29, 0.717) is 32.5 Å². The maximum atomic E-state index is 13.4. The van der Waals surface area contributed by atoms with Crippen molar-refractivity contribution in [2.45, 2.75) is 78.2 Å². The highest BCUT2D eigenvalue weighted by atomic mass is 16.6. The van der Waals surface area contributed by atoms with Crippen molar-refractivity contribution in [3.63, 3.8) is 0 Å². The Balaban J connectivity index is 2.01. The SMILES string of the molecule is CC1CCNCC(O)C1N(Cc1ccccc1)C(=O)C[C@@H](C)CCNC(=O)OC(C)(C)C. The Morgan fingerprint density at radius 2 is 1.97 bits per heavy atom. The summed E-state index contributed by atoms with van der Waals surface area (Å²) in [7, 11) is 0. The van der Waals surface area contributed by atoms with Gasteiger partial charge in [0.2, 0.25) is 5.91 Å². The number of ether oxygens (including phenoxy) is 1. The third-order valence-electron chi connectivity index (χ3n) is 5.81. The summed E-state index contributed by atoms with van der Waals surface area (Å²) < 4.78 is 5.26. The number of alkyl carbamates (subject to hydrolysis) is 1. The molecule has 1 aliphatic heterocycles. The van der Waals surface area contributed by atoms with Crippen LogP contribution in [0.25, 0.3) is 0 Å². The van der Waals surface area contributed by atoms with Gasteiger partial charge in [0.05, 0.1) is 12.1 Å². The number of nitrogens with zero attached hydrogens (tertiary/aromatic N) is 1. The highest BCUT2D eigenvalue weighted by molar-refractivity contribution is 5.77. The lowest BCUT2D eigenvalue weighted by atomic mass is 9.91. The van der Waals surface area contributed by atoms with E-state index in [1.54, 1.807) is 0 Å². The Morgan fingerprint density at radius 1 is 1.28 bits per heavy atom. The van der Waals surface area contributed by atoms with Crippen LogP contribution in [0.2, 0.25) is 0 Å². The van der Waals surface area contributed by atoms with Crippen LogP contribution in [0, 0.1) is 11.8 Å². The molecule has 0 spiro atoms. The molecule has 2 rings (SSSR count). The molecule has 1 aromatic carbocycles. The van der Waals surface area contributed by atoms with Gasteiger partial charge in [-0.1, -0.05) is 44.2 Å². The first kappa shape index (κ1) is 26.1. The smallest absolute Gasteiger partial charge is 0.407 e. The van der Waals surface area contributed by atoms with Gasteiger partial charge in [-0.15, -0.1) is 0 Å². The Hall–Kier alpha value is -2.12. The normalized spacial score (nSPS) is 22.5. The van der Waals surface area contributed by atoms with Crippen molar-refractivity contribution in [1.29, 1.82) is 0 Å². The number of aliphatic hydroxyl groups is 1. The van der Waals surface area contributed by atoms with Gasteiger partial charge in [-0.05, 0) is 57.6 Å². The number of aliphatic hydroxyl groups excluding tert-OH is 1. The number of rotatable bonds is 8. The van der Waals surface area contributed by atoms with E-state index in [2.05, 4.69) is 17.6 Å². The highest BCUT2D eigenvalue weighted by Gasteiger charge is 2.35. The number of β-amino-alcohol motifs (C(OH)–C–C–N with tert-alkyl or cyclic N) is 1. The molecule has 0 saturated carbocycles. The van der Waals surface area contributed by atoms with Gasteiger partial charge in [0, 0.05) is 26.1 Å². The van der Waals surface area contributed by atoms with Gasteiger partial charge in [-0.25, -0.2) is 4.79 Å². The molecule has 1 aliphatic rings. The number of hydrogen-bond donors (Lipinski definition) is 3. The van der Waals surface area contributed by atoms with Crippen LogP contribution >= 0.6 is 0 Å². The predicted octanol–water partition coefficient (Wildman–Crippen LogP) is 3.32. The average Bonchev–Trinajstić information content (AvgIpc) is 2.86. The second-order valence-corrected chi connectivity index (χ2v) is 10.1. The largest absolute Gasteiger partial charge is 0.444 e. The summed E-state index contributed by atoms with van der Waals surface area (Å²) in [6.45, 7) is 11.9. The molecular formula is C25H41N3O4. The molecule has 32 heavy (non-hydrogen) atoms. The zero-order valence-electron chi connectivity index (χ0n) is 20.3. The second-order valence-electron chi connectivity index (χ2n) is 10.1. The van der Waals surface area contributed by atoms with Crippen molar-refractivity contribution in [3.05, 3.63) is 35.9 Å². The van der Waals surface area contributed by atoms with E-state index in [9.17, 15) is 14.7 Å². The molecule has 4 atom stereocenters. The first-order valence-electron chi connectivity index (χ1n) is 11.8. The molecule has 1 aromatic rings. The van der Waals surface area contributed by atoms with Crippen molar-refractivity contribution >= 4 is 12.0 Å². The van der Waals surface area contributed by atoms with Crippen LogP contribution in [-0.2, 0) is 16.1 Å². The van der Waals surface area contributed by atoms with Crippen molar-refractivity contribution < 1.29 is 19.4 Å². The van der Waals surface area contributed by atoms with Gasteiger partial charge in [0.1, 0.15) is 5.60 Å². The van der Waals surface area contributed by atoms with Crippen molar-refractivity contribution in [2.24, 2.45) is 11.8 Å². The second kappa shape index (κ2) is 12.2. The van der Waals surface area contributed by atoms with Gasteiger partial charge < -0.3 is 25.4 Å². The zero-order chi connectivity index (χ0) is 23.7. The van der Waals surface area contributed by atoms with E-state index in [0.717, 1.165) is 18.5 Å². The summed E-state index contributed by atoms with van der Waals surface area (Å²) in [5, 5.41) is 16.9. The Morgan fingerprint density at radius 3 is 2.62 bits per heavy atom. The van der Waals surface area contributed by atoms with Crippen molar-refractivity contribution in [1.82, 2.24) is 15.5 Å². The molecule has 0 radical (unpaired) electrons. The Bertz CT molecular complexity index is 708. The molecule has 3 N–H and O–H groups in total. The van der Waals surface area contributed by atoms with Crippen molar-refractivity contribution in [3.8, 4) is 0 Å². The molecule has 1 heterocycles. The summed E-state index contributed by atoms with van der Waals surface area (Å²) in [6.07, 6.45) is 0.907. The van der Waals surface area contributed by atoms with Gasteiger partial charge in [-0.3, -0.25) is 4.79 Å². The van der Waals surface area contributed by atoms with Crippen LogP contribution in [-0.4, -0.2) is 59.4 Å². The topological polar surface area (TPSA) is 90.9 Å². The van der Waals surface area contributed by atoms with Crippen LogP contribution in [0.3, 0.4) is 0 Å². The lowest BCUT2D eigenvalue weighted by Gasteiger charge is -2.38. The van der Waals surface area contributed by atoms with Crippen LogP contribution in [0.4, 0.5) is 4.79 Å². The van der Waals surface area contributed by atoms with Gasteiger partial charge in [0.25, 0.3) is 0 Å². The van der Waals surface area contributed by atoms with E-state index in [4.69, 9.17) is 4.74 Å². The summed E-state index contributed by atoms with van der Waals surface area (Å²) >= 11 is 0. The van der Waals surface area contributed by atoms with Gasteiger partial charge in [-0.2, -0.15) is 0 Å². The van der Waals surface area contributed by atoms with E-state index < -0.39 is 17.8 Å². The van der Waals surface area contributed by atoms with Crippen LogP contribution < -0.4 is 10.6 Å². The Labute approximate surface area is 192 Å². The Kier molecular flexibility index (Phi) is 9.97. The summed E-state index contributed by atoms with van der Waals surface area (Å²) in [5.41, 5.74) is 0.519. The maximum Gasteiger partial charge on any atom is 0.407 e. The highest BCUT2D eigenvalue weighted by Crippen LogP contribution is 2.25. The standard InChI is InChI=1S/C25H41N3O4/c1-18(11-14-27-24(31)32-25(3,4)5)15-22(30)28(17-20-9-7-6-8-10-20)23-19(2)12-13-26-16-21(23)29/h6-10,18-19,21,23,26,29H,11-17H2,1-5H3,(H,27,31)/t18-,19?,21?,23?/m0/s1. The fourth-order valence-corrected chi connectivity index (χ4v) is 4.16. The number of carbonyl (C=O) groups excluding carboxylic acids is 2. The first-order chi connectivity index (χ1) is 15.1. The number of nitrogens with one attached hydrogen (secondary N) is 2. The lowest BCUT2D eigenvalue weighted by Crippen LogP contribution is -2.51. The number of carbonyl (C=O) groups is 2. The minimum absolute atomic E-state index is 0.0384. The third-order valence-corrected chi connectivity index (χ3v) is 5.81. The molecule has 2 amide bonds. The van der Waals surface area contributed by atoms with Crippen molar-refractivity contribution in [2.75, 3.05) is 19.6 Å². The maximum absolute atomic E-state index is 13.4. The zero-order valence-corrected chi connectivity index (χ0v) is 20.3. The van der Waals surface area contributed by atoms with Crippen LogP contribution in [0.15, 0.2) is 30.3 Å². The van der Waals surface area contributed by atoms with Crippen LogP contribution in [0.1, 0.15) is 59.4 Å². The lowest BCUT2D eigenvalue weighted by molar-refractivity contribution is -0.139. The molecule has 0 bridgehead atoms. The number of amides is 2. The van der Waals surface area contributed by atoms with E-state index in [1.807, 2.05) is 62.9 Å². The molecule has 0 aliphatic carbocycles. The van der Waals surface area contributed by atoms with Crippen LogP contribution in [0.5, 0.6) is 0 Å². The average molecular weight is 448 g/mol. The van der Waals surface area contributed by atoms with E-state index >= 15 is 0 Å². The number of benzene rings is 1. The molecule has 3 unspecified atom stereocenters. The monoisotopic (exact) mass is 447 g/mol. The fourth-order valence-electron chi connectivity index (χ4n) is 4.16. The molecule has 0 aromatic heterocycles. The molecule has 7 nitrogen and oxygen atoms in total. The minimum atomic E-state index is -0.607. The summed E-state index contributed by atoms with van der Waals surface area (Å²) in [5.74, 6) is 0.320. The third kappa shape index (κ3) is 8.79. The fraction of sp³-hybridized carbons (Fsp3) is 0.680. The summed E-state index contributed by atoms with van der Waals surface area (Å²) in [4.78, 5) is 27.1. The predicted molar refractivity (Wildman–Crippen MR) is 126 cm³/mol.